The highest BCUT2D eigenvalue weighted by Gasteiger charge is 2.21. The van der Waals surface area contributed by atoms with E-state index in [1.165, 1.54) is 18.6 Å². The molecule has 11 heteroatoms. The van der Waals surface area contributed by atoms with E-state index in [0.29, 0.717) is 29.3 Å². The molecule has 1 saturated carbocycles. The highest BCUT2D eigenvalue weighted by molar-refractivity contribution is 6.01. The molecule has 0 bridgehead atoms. The van der Waals surface area contributed by atoms with Crippen molar-refractivity contribution >= 4 is 39.2 Å². The maximum absolute atomic E-state index is 14.7. The molecule has 0 unspecified atom stereocenters. The summed E-state index contributed by atoms with van der Waals surface area (Å²) < 4.78 is 14.7. The lowest BCUT2D eigenvalue weighted by atomic mass is 9.88. The second-order valence-corrected chi connectivity index (χ2v) is 12.3. The first-order chi connectivity index (χ1) is 22.4. The largest absolute Gasteiger partial charge is 0.384 e. The van der Waals surface area contributed by atoms with Crippen molar-refractivity contribution in [3.63, 3.8) is 0 Å². The third kappa shape index (κ3) is 6.18. The Balaban J connectivity index is 1.19. The number of fused-ring (bicyclic) bond motifs is 2. The second kappa shape index (κ2) is 12.7. The van der Waals surface area contributed by atoms with E-state index in [1.54, 1.807) is 31.0 Å². The topological polar surface area (TPSA) is 128 Å². The van der Waals surface area contributed by atoms with Crippen molar-refractivity contribution in [1.29, 1.82) is 0 Å². The Morgan fingerprint density at radius 3 is 2.54 bits per heavy atom. The zero-order valence-corrected chi connectivity index (χ0v) is 25.9. The molecule has 0 saturated heterocycles. The summed E-state index contributed by atoms with van der Waals surface area (Å²) in [5.41, 5.74) is 7.55. The van der Waals surface area contributed by atoms with Gasteiger partial charge in [-0.25, -0.2) is 9.37 Å². The molecule has 5 aromatic heterocycles. The number of amides is 1. The quantitative estimate of drug-likeness (QED) is 0.140. The van der Waals surface area contributed by atoms with Gasteiger partial charge in [-0.1, -0.05) is 19.3 Å². The van der Waals surface area contributed by atoms with Gasteiger partial charge in [-0.05, 0) is 68.9 Å². The maximum Gasteiger partial charge on any atom is 0.227 e. The van der Waals surface area contributed by atoms with Gasteiger partial charge in [-0.15, -0.1) is 0 Å². The van der Waals surface area contributed by atoms with Gasteiger partial charge in [0.05, 0.1) is 29.3 Å². The van der Waals surface area contributed by atoms with E-state index in [-0.39, 0.29) is 17.6 Å². The maximum atomic E-state index is 14.7. The molecule has 0 atom stereocenters. The first kappa shape index (κ1) is 29.5. The molecule has 1 aliphatic rings. The van der Waals surface area contributed by atoms with Gasteiger partial charge in [-0.2, -0.15) is 5.10 Å². The molecule has 1 aliphatic carbocycles. The van der Waals surface area contributed by atoms with Crippen LogP contribution < -0.4 is 10.6 Å². The first-order valence-electron chi connectivity index (χ1n) is 15.7. The molecule has 10 nitrogen and oxygen atoms in total. The lowest BCUT2D eigenvalue weighted by molar-refractivity contribution is -0.120. The van der Waals surface area contributed by atoms with Crippen LogP contribution in [0.3, 0.4) is 0 Å². The Hall–Kier alpha value is -5.16. The summed E-state index contributed by atoms with van der Waals surface area (Å²) >= 11 is 0. The van der Waals surface area contributed by atoms with Crippen LogP contribution >= 0.6 is 0 Å². The Bertz CT molecular complexity index is 2030. The molecule has 1 fully saturated rings. The van der Waals surface area contributed by atoms with Crippen molar-refractivity contribution in [3.8, 4) is 33.6 Å². The SMILES string of the molecule is CN(C)CCNc1cc(F)cc(-c2cncc3[nH]c(-c4n[nH]c5ncc(-c6cncc(NC(=O)C7CCCCC7)c6)cc45)cc23)c1. The number of rotatable bonds is 9. The van der Waals surface area contributed by atoms with E-state index >= 15 is 0 Å². The van der Waals surface area contributed by atoms with Crippen LogP contribution in [0, 0.1) is 11.7 Å². The molecule has 0 spiro atoms. The molecule has 0 aliphatic heterocycles. The minimum Gasteiger partial charge on any atom is -0.384 e. The average molecular weight is 618 g/mol. The zero-order valence-electron chi connectivity index (χ0n) is 25.9. The number of aromatic nitrogens is 6. The van der Waals surface area contributed by atoms with Gasteiger partial charge in [0.1, 0.15) is 11.5 Å². The van der Waals surface area contributed by atoms with E-state index in [0.717, 1.165) is 76.5 Å². The molecule has 6 aromatic rings. The van der Waals surface area contributed by atoms with Crippen LogP contribution in [0.25, 0.3) is 55.6 Å². The molecule has 1 amide bonds. The van der Waals surface area contributed by atoms with Crippen LogP contribution in [-0.4, -0.2) is 68.1 Å². The number of nitrogens with one attached hydrogen (secondary N) is 4. The molecular formula is C35H36FN9O. The van der Waals surface area contributed by atoms with Gasteiger partial charge >= 0.3 is 0 Å². The van der Waals surface area contributed by atoms with Crippen molar-refractivity contribution in [1.82, 2.24) is 35.0 Å². The number of nitrogens with zero attached hydrogens (tertiary/aromatic N) is 5. The molecular weight excluding hydrogens is 581 g/mol. The lowest BCUT2D eigenvalue weighted by Crippen LogP contribution is -2.24. The number of carbonyl (C=O) groups excluding carboxylic acids is 1. The smallest absolute Gasteiger partial charge is 0.227 e. The summed E-state index contributed by atoms with van der Waals surface area (Å²) in [6, 6.07) is 10.9. The number of halogens is 1. The van der Waals surface area contributed by atoms with Crippen LogP contribution in [0.5, 0.6) is 0 Å². The number of benzene rings is 1. The number of anilines is 2. The van der Waals surface area contributed by atoms with Crippen LogP contribution in [0.4, 0.5) is 15.8 Å². The summed E-state index contributed by atoms with van der Waals surface area (Å²) in [6.45, 7) is 1.53. The normalized spacial score (nSPS) is 13.9. The third-order valence-corrected chi connectivity index (χ3v) is 8.63. The molecule has 5 heterocycles. The predicted molar refractivity (Wildman–Crippen MR) is 180 cm³/mol. The van der Waals surface area contributed by atoms with E-state index in [2.05, 4.69) is 45.7 Å². The molecule has 234 valence electrons. The molecule has 0 radical (unpaired) electrons. The van der Waals surface area contributed by atoms with Crippen molar-refractivity contribution in [2.75, 3.05) is 37.8 Å². The highest BCUT2D eigenvalue weighted by Crippen LogP contribution is 2.35. The summed E-state index contributed by atoms with van der Waals surface area (Å²) in [5.74, 6) is -0.197. The Morgan fingerprint density at radius 2 is 1.70 bits per heavy atom. The average Bonchev–Trinajstić information content (AvgIpc) is 3.69. The first-order valence-corrected chi connectivity index (χ1v) is 15.7. The van der Waals surface area contributed by atoms with Crippen molar-refractivity contribution in [2.24, 2.45) is 5.92 Å². The van der Waals surface area contributed by atoms with E-state index in [9.17, 15) is 9.18 Å². The minimum absolute atomic E-state index is 0.0589. The van der Waals surface area contributed by atoms with Crippen LogP contribution in [0.15, 0.2) is 67.4 Å². The van der Waals surface area contributed by atoms with Crippen LogP contribution in [-0.2, 0) is 4.79 Å². The van der Waals surface area contributed by atoms with E-state index in [1.807, 2.05) is 38.4 Å². The number of hydrogen-bond donors (Lipinski definition) is 4. The molecule has 7 rings (SSSR count). The second-order valence-electron chi connectivity index (χ2n) is 12.3. The fourth-order valence-electron chi connectivity index (χ4n) is 6.22. The van der Waals surface area contributed by atoms with Gasteiger partial charge in [0, 0.05) is 70.7 Å². The van der Waals surface area contributed by atoms with Gasteiger partial charge in [0.15, 0.2) is 5.65 Å². The Labute approximate surface area is 265 Å². The number of H-pyrrole nitrogens is 2. The van der Waals surface area contributed by atoms with Gasteiger partial charge in [0.25, 0.3) is 0 Å². The standard InChI is InChI=1S/C35H36FN9O/c1-45(2)9-8-39-26-11-22(10-25(36)14-26)30-19-38-20-32-28(30)15-31(42-32)33-29-13-24(17-40-34(29)44-43-33)23-12-27(18-37-16-23)41-35(46)21-6-4-3-5-7-21/h10-21,39,42H,3-9H2,1-2H3,(H,41,46)(H,40,43,44). The van der Waals surface area contributed by atoms with Crippen molar-refractivity contribution < 1.29 is 9.18 Å². The Kier molecular flexibility index (Phi) is 8.15. The van der Waals surface area contributed by atoms with Crippen LogP contribution in [0.2, 0.25) is 0 Å². The minimum atomic E-state index is -0.318. The molecule has 1 aromatic carbocycles. The van der Waals surface area contributed by atoms with E-state index in [4.69, 9.17) is 0 Å². The lowest BCUT2D eigenvalue weighted by Gasteiger charge is -2.20. The summed E-state index contributed by atoms with van der Waals surface area (Å²) in [4.78, 5) is 31.8. The fourth-order valence-corrected chi connectivity index (χ4v) is 6.22. The Morgan fingerprint density at radius 1 is 0.891 bits per heavy atom. The van der Waals surface area contributed by atoms with Gasteiger partial charge < -0.3 is 20.5 Å². The summed E-state index contributed by atoms with van der Waals surface area (Å²) in [6.07, 6.45) is 14.0. The van der Waals surface area contributed by atoms with Gasteiger partial charge in [-0.3, -0.25) is 19.9 Å². The highest BCUT2D eigenvalue weighted by atomic mass is 19.1. The third-order valence-electron chi connectivity index (χ3n) is 8.63. The summed E-state index contributed by atoms with van der Waals surface area (Å²) in [7, 11) is 4.01. The predicted octanol–water partition coefficient (Wildman–Crippen LogP) is 6.86. The monoisotopic (exact) mass is 617 g/mol. The number of pyridine rings is 3. The van der Waals surface area contributed by atoms with Gasteiger partial charge in [0.2, 0.25) is 5.91 Å². The van der Waals surface area contributed by atoms with Crippen molar-refractivity contribution in [2.45, 2.75) is 32.1 Å². The zero-order chi connectivity index (χ0) is 31.6. The van der Waals surface area contributed by atoms with Crippen LogP contribution in [0.1, 0.15) is 32.1 Å². The van der Waals surface area contributed by atoms with Crippen molar-refractivity contribution in [3.05, 3.63) is 73.2 Å². The molecule has 46 heavy (non-hydrogen) atoms. The number of hydrogen-bond acceptors (Lipinski definition) is 7. The number of likely N-dealkylation sites (N-methyl/N-ethyl adjacent to an activating group) is 1. The number of carbonyl (C=O) groups is 1. The van der Waals surface area contributed by atoms with E-state index < -0.39 is 0 Å². The molecule has 4 N–H and O–H groups in total. The fraction of sp³-hybridized carbons (Fsp3) is 0.286. The summed E-state index contributed by atoms with van der Waals surface area (Å²) in [5, 5.41) is 15.7. The number of aromatic amines is 2.